The van der Waals surface area contributed by atoms with Gasteiger partial charge in [0.1, 0.15) is 5.69 Å². The van der Waals surface area contributed by atoms with Gasteiger partial charge < -0.3 is 15.0 Å². The Morgan fingerprint density at radius 1 is 1.14 bits per heavy atom. The standard InChI is InChI=1S/C16H18N2O3/c1-21-15(19)9-10-17-16(20)14-8-7-13(18-14)11-12-5-3-2-4-6-12/h2-8,18H,9-11H2,1H3,(H,17,20). The quantitative estimate of drug-likeness (QED) is 0.797. The maximum absolute atomic E-state index is 11.9. The summed E-state index contributed by atoms with van der Waals surface area (Å²) in [4.78, 5) is 25.9. The number of aromatic amines is 1. The van der Waals surface area contributed by atoms with Gasteiger partial charge in [0, 0.05) is 18.7 Å². The monoisotopic (exact) mass is 286 g/mol. The minimum Gasteiger partial charge on any atom is -0.469 e. The molecule has 110 valence electrons. The molecule has 2 aromatic rings. The van der Waals surface area contributed by atoms with Gasteiger partial charge in [-0.2, -0.15) is 0 Å². The number of hydrogen-bond acceptors (Lipinski definition) is 3. The number of hydrogen-bond donors (Lipinski definition) is 2. The highest BCUT2D eigenvalue weighted by atomic mass is 16.5. The first-order chi connectivity index (χ1) is 10.2. The zero-order valence-electron chi connectivity index (χ0n) is 11.9. The first-order valence-electron chi connectivity index (χ1n) is 6.76. The van der Waals surface area contributed by atoms with Gasteiger partial charge in [-0.25, -0.2) is 0 Å². The van der Waals surface area contributed by atoms with Crippen LogP contribution in [-0.4, -0.2) is 30.5 Å². The van der Waals surface area contributed by atoms with Crippen LogP contribution in [0.15, 0.2) is 42.5 Å². The molecular formula is C16H18N2O3. The van der Waals surface area contributed by atoms with Crippen LogP contribution in [0.1, 0.15) is 28.2 Å². The molecule has 1 heterocycles. The largest absolute Gasteiger partial charge is 0.469 e. The molecule has 0 atom stereocenters. The van der Waals surface area contributed by atoms with Gasteiger partial charge in [-0.3, -0.25) is 9.59 Å². The van der Waals surface area contributed by atoms with E-state index in [4.69, 9.17) is 0 Å². The summed E-state index contributed by atoms with van der Waals surface area (Å²) in [6, 6.07) is 13.7. The maximum Gasteiger partial charge on any atom is 0.307 e. The van der Waals surface area contributed by atoms with Crippen LogP contribution in [0.3, 0.4) is 0 Å². The van der Waals surface area contributed by atoms with Crippen molar-refractivity contribution in [2.75, 3.05) is 13.7 Å². The van der Waals surface area contributed by atoms with Gasteiger partial charge in [0.2, 0.25) is 0 Å². The summed E-state index contributed by atoms with van der Waals surface area (Å²) < 4.78 is 4.51. The molecule has 5 heteroatoms. The number of methoxy groups -OCH3 is 1. The summed E-state index contributed by atoms with van der Waals surface area (Å²) in [6.45, 7) is 0.262. The molecule has 0 radical (unpaired) electrons. The van der Waals surface area contributed by atoms with E-state index in [-0.39, 0.29) is 24.8 Å². The number of H-pyrrole nitrogens is 1. The van der Waals surface area contributed by atoms with Crippen LogP contribution in [0.5, 0.6) is 0 Å². The summed E-state index contributed by atoms with van der Waals surface area (Å²) in [5.74, 6) is -0.565. The van der Waals surface area contributed by atoms with Gasteiger partial charge in [-0.15, -0.1) is 0 Å². The molecule has 0 saturated heterocycles. The number of benzene rings is 1. The van der Waals surface area contributed by atoms with Crippen molar-refractivity contribution in [3.63, 3.8) is 0 Å². The lowest BCUT2D eigenvalue weighted by atomic mass is 10.1. The lowest BCUT2D eigenvalue weighted by Crippen LogP contribution is -2.26. The van der Waals surface area contributed by atoms with Gasteiger partial charge in [0.15, 0.2) is 0 Å². The van der Waals surface area contributed by atoms with Crippen LogP contribution in [0.2, 0.25) is 0 Å². The number of aromatic nitrogens is 1. The molecule has 0 aliphatic rings. The minimum absolute atomic E-state index is 0.166. The average molecular weight is 286 g/mol. The van der Waals surface area contributed by atoms with Crippen LogP contribution in [-0.2, 0) is 16.0 Å². The molecule has 2 N–H and O–H groups in total. The average Bonchev–Trinajstić information content (AvgIpc) is 2.96. The van der Waals surface area contributed by atoms with Crippen molar-refractivity contribution in [2.24, 2.45) is 0 Å². The number of amides is 1. The van der Waals surface area contributed by atoms with Crippen LogP contribution in [0.4, 0.5) is 0 Å². The predicted molar refractivity (Wildman–Crippen MR) is 79.0 cm³/mol. The van der Waals surface area contributed by atoms with Crippen LogP contribution < -0.4 is 5.32 Å². The molecule has 1 aromatic carbocycles. The Balaban J connectivity index is 1.87. The number of carbonyl (C=O) groups excluding carboxylic acids is 2. The van der Waals surface area contributed by atoms with Crippen molar-refractivity contribution in [2.45, 2.75) is 12.8 Å². The summed E-state index contributed by atoms with van der Waals surface area (Å²) in [5.41, 5.74) is 2.64. The number of rotatable bonds is 6. The second-order valence-electron chi connectivity index (χ2n) is 4.64. The molecule has 0 bridgehead atoms. The fourth-order valence-corrected chi connectivity index (χ4v) is 1.97. The molecule has 1 amide bonds. The Morgan fingerprint density at radius 3 is 2.62 bits per heavy atom. The lowest BCUT2D eigenvalue weighted by molar-refractivity contribution is -0.140. The van der Waals surface area contributed by atoms with Crippen LogP contribution >= 0.6 is 0 Å². The molecule has 0 fully saturated rings. The van der Waals surface area contributed by atoms with Crippen molar-refractivity contribution in [3.05, 3.63) is 59.4 Å². The first kappa shape index (κ1) is 14.8. The molecular weight excluding hydrogens is 268 g/mol. The molecule has 1 aromatic heterocycles. The van der Waals surface area contributed by atoms with Crippen molar-refractivity contribution < 1.29 is 14.3 Å². The van der Waals surface area contributed by atoms with E-state index in [0.717, 1.165) is 12.1 Å². The Morgan fingerprint density at radius 2 is 1.90 bits per heavy atom. The Labute approximate surface area is 123 Å². The van der Waals surface area contributed by atoms with E-state index in [2.05, 4.69) is 15.0 Å². The second-order valence-corrected chi connectivity index (χ2v) is 4.64. The Kier molecular flexibility index (Phi) is 5.15. The molecule has 0 aliphatic carbocycles. The van der Waals surface area contributed by atoms with E-state index in [9.17, 15) is 9.59 Å². The van der Waals surface area contributed by atoms with Gasteiger partial charge in [-0.05, 0) is 17.7 Å². The third kappa shape index (κ3) is 4.49. The molecule has 0 saturated carbocycles. The van der Waals surface area contributed by atoms with Gasteiger partial charge >= 0.3 is 5.97 Å². The highest BCUT2D eigenvalue weighted by molar-refractivity contribution is 5.92. The second kappa shape index (κ2) is 7.28. The highest BCUT2D eigenvalue weighted by Gasteiger charge is 2.09. The minimum atomic E-state index is -0.341. The molecule has 21 heavy (non-hydrogen) atoms. The van der Waals surface area contributed by atoms with E-state index in [1.807, 2.05) is 36.4 Å². The molecule has 5 nitrogen and oxygen atoms in total. The molecule has 0 aliphatic heterocycles. The fraction of sp³-hybridized carbons (Fsp3) is 0.250. The normalized spacial score (nSPS) is 10.1. The summed E-state index contributed by atoms with van der Waals surface area (Å²) in [6.07, 6.45) is 0.913. The summed E-state index contributed by atoms with van der Waals surface area (Å²) >= 11 is 0. The summed E-state index contributed by atoms with van der Waals surface area (Å²) in [7, 11) is 1.32. The Hall–Kier alpha value is -2.56. The first-order valence-corrected chi connectivity index (χ1v) is 6.76. The van der Waals surface area contributed by atoms with E-state index in [1.165, 1.54) is 12.7 Å². The SMILES string of the molecule is COC(=O)CCNC(=O)c1ccc(Cc2ccccc2)[nH]1. The van der Waals surface area contributed by atoms with Gasteiger partial charge in [0.05, 0.1) is 13.5 Å². The predicted octanol–water partition coefficient (Wildman–Crippen LogP) is 1.90. The highest BCUT2D eigenvalue weighted by Crippen LogP contribution is 2.09. The molecule has 0 spiro atoms. The Bertz CT molecular complexity index is 605. The zero-order chi connectivity index (χ0) is 15.1. The number of ether oxygens (including phenoxy) is 1. The van der Waals surface area contributed by atoms with Crippen LogP contribution in [0.25, 0.3) is 0 Å². The van der Waals surface area contributed by atoms with Gasteiger partial charge in [0.25, 0.3) is 5.91 Å². The lowest BCUT2D eigenvalue weighted by Gasteiger charge is -2.03. The fourth-order valence-electron chi connectivity index (χ4n) is 1.97. The maximum atomic E-state index is 11.9. The third-order valence-corrected chi connectivity index (χ3v) is 3.07. The number of esters is 1. The smallest absolute Gasteiger partial charge is 0.307 e. The molecule has 2 rings (SSSR count). The molecule has 0 unspecified atom stereocenters. The summed E-state index contributed by atoms with van der Waals surface area (Å²) in [5, 5.41) is 2.67. The van der Waals surface area contributed by atoms with Crippen molar-refractivity contribution >= 4 is 11.9 Å². The van der Waals surface area contributed by atoms with E-state index in [1.54, 1.807) is 6.07 Å². The van der Waals surface area contributed by atoms with Crippen molar-refractivity contribution in [3.8, 4) is 0 Å². The topological polar surface area (TPSA) is 71.2 Å². The van der Waals surface area contributed by atoms with Crippen molar-refractivity contribution in [1.82, 2.24) is 10.3 Å². The van der Waals surface area contributed by atoms with E-state index >= 15 is 0 Å². The van der Waals surface area contributed by atoms with Crippen molar-refractivity contribution in [1.29, 1.82) is 0 Å². The van der Waals surface area contributed by atoms with Crippen LogP contribution in [0, 0.1) is 0 Å². The van der Waals surface area contributed by atoms with Gasteiger partial charge in [-0.1, -0.05) is 30.3 Å². The van der Waals surface area contributed by atoms with E-state index in [0.29, 0.717) is 5.69 Å². The third-order valence-electron chi connectivity index (χ3n) is 3.07. The number of nitrogens with one attached hydrogen (secondary N) is 2. The zero-order valence-corrected chi connectivity index (χ0v) is 11.9. The number of carbonyl (C=O) groups is 2. The van der Waals surface area contributed by atoms with E-state index < -0.39 is 0 Å².